The molecular weight excluding hydrogens is 499 g/mol. The van der Waals surface area contributed by atoms with Crippen LogP contribution in [-0.2, 0) is 20.0 Å². The fraction of sp³-hybridized carbons (Fsp3) is 0.136. The third-order valence-electron chi connectivity index (χ3n) is 5.24. The number of sulfonamides is 2. The van der Waals surface area contributed by atoms with Gasteiger partial charge in [0.1, 0.15) is 11.9 Å². The number of halogens is 1. The zero-order valence-electron chi connectivity index (χ0n) is 18.2. The van der Waals surface area contributed by atoms with E-state index in [1.807, 2.05) is 0 Å². The number of anilines is 1. The fourth-order valence-corrected chi connectivity index (χ4v) is 5.83. The van der Waals surface area contributed by atoms with Crippen LogP contribution in [0.25, 0.3) is 0 Å². The SMILES string of the molecule is CS(=O)(=O)Nc1ccccc1C1=NN(S(=O)(=O)c2cccc(F)c2)[C@H](c2ccccc2[N+](=O)[O-])C1. The van der Waals surface area contributed by atoms with Crippen LogP contribution in [0.1, 0.15) is 23.6 Å². The van der Waals surface area contributed by atoms with Gasteiger partial charge in [-0.15, -0.1) is 0 Å². The predicted molar refractivity (Wildman–Crippen MR) is 127 cm³/mol. The molecule has 0 saturated heterocycles. The van der Waals surface area contributed by atoms with E-state index in [0.717, 1.165) is 22.8 Å². The lowest BCUT2D eigenvalue weighted by molar-refractivity contribution is -0.385. The fourth-order valence-electron chi connectivity index (χ4n) is 3.80. The summed E-state index contributed by atoms with van der Waals surface area (Å²) < 4.78 is 67.7. The highest BCUT2D eigenvalue weighted by atomic mass is 32.2. The summed E-state index contributed by atoms with van der Waals surface area (Å²) in [6, 6.07) is 15.1. The Bertz CT molecular complexity index is 1560. The number of nitrogens with one attached hydrogen (secondary N) is 1. The number of hydrogen-bond acceptors (Lipinski definition) is 7. The second-order valence-corrected chi connectivity index (χ2v) is 11.3. The number of hydrazone groups is 1. The van der Waals surface area contributed by atoms with Crippen molar-refractivity contribution in [2.45, 2.75) is 17.4 Å². The van der Waals surface area contributed by atoms with Gasteiger partial charge in [-0.2, -0.15) is 17.9 Å². The van der Waals surface area contributed by atoms with Crippen molar-refractivity contribution < 1.29 is 26.1 Å². The molecule has 1 heterocycles. The van der Waals surface area contributed by atoms with E-state index in [1.165, 1.54) is 42.5 Å². The van der Waals surface area contributed by atoms with Gasteiger partial charge in [0, 0.05) is 18.1 Å². The van der Waals surface area contributed by atoms with Gasteiger partial charge in [-0.25, -0.2) is 12.8 Å². The molecule has 4 rings (SSSR count). The van der Waals surface area contributed by atoms with Crippen LogP contribution in [0.15, 0.2) is 82.8 Å². The molecule has 0 saturated carbocycles. The maximum absolute atomic E-state index is 13.9. The molecule has 0 amide bonds. The van der Waals surface area contributed by atoms with Crippen molar-refractivity contribution in [3.05, 3.63) is 99.9 Å². The Labute approximate surface area is 201 Å². The second-order valence-electron chi connectivity index (χ2n) is 7.74. The van der Waals surface area contributed by atoms with Crippen molar-refractivity contribution in [2.75, 3.05) is 11.0 Å². The first kappa shape index (κ1) is 24.3. The molecule has 1 aliphatic rings. The van der Waals surface area contributed by atoms with Gasteiger partial charge < -0.3 is 0 Å². The van der Waals surface area contributed by atoms with Gasteiger partial charge >= 0.3 is 0 Å². The van der Waals surface area contributed by atoms with Crippen molar-refractivity contribution in [3.63, 3.8) is 0 Å². The molecule has 1 N–H and O–H groups in total. The Kier molecular flexibility index (Phi) is 6.30. The molecule has 182 valence electrons. The van der Waals surface area contributed by atoms with Crippen molar-refractivity contribution in [3.8, 4) is 0 Å². The zero-order chi connectivity index (χ0) is 25.4. The van der Waals surface area contributed by atoms with Crippen LogP contribution in [0.2, 0.25) is 0 Å². The van der Waals surface area contributed by atoms with Crippen molar-refractivity contribution in [1.82, 2.24) is 4.41 Å². The van der Waals surface area contributed by atoms with Crippen LogP contribution in [0.5, 0.6) is 0 Å². The minimum atomic E-state index is -4.45. The first-order chi connectivity index (χ1) is 16.5. The Balaban J connectivity index is 1.89. The average Bonchev–Trinajstić information content (AvgIpc) is 3.24. The van der Waals surface area contributed by atoms with E-state index < -0.39 is 36.8 Å². The summed E-state index contributed by atoms with van der Waals surface area (Å²) in [5, 5.41) is 16.0. The predicted octanol–water partition coefficient (Wildman–Crippen LogP) is 3.65. The molecule has 10 nitrogen and oxygen atoms in total. The molecule has 13 heteroatoms. The molecule has 35 heavy (non-hydrogen) atoms. The molecule has 1 aliphatic heterocycles. The standard InChI is InChI=1S/C22H19FN4O6S2/c1-34(30,31)25-19-11-4-2-9-17(19)20-14-22(18-10-3-5-12-21(18)27(28)29)26(24-20)35(32,33)16-8-6-7-15(23)13-16/h2-13,22,25H,14H2,1H3/t22-/m0/s1. The molecule has 0 aliphatic carbocycles. The molecule has 0 fully saturated rings. The Morgan fingerprint density at radius 3 is 2.40 bits per heavy atom. The van der Waals surface area contributed by atoms with Crippen LogP contribution in [0.3, 0.4) is 0 Å². The van der Waals surface area contributed by atoms with Gasteiger partial charge in [0.15, 0.2) is 0 Å². The molecule has 0 spiro atoms. The van der Waals surface area contributed by atoms with Gasteiger partial charge in [-0.3, -0.25) is 14.8 Å². The Hall–Kier alpha value is -3.84. The first-order valence-corrected chi connectivity index (χ1v) is 13.5. The zero-order valence-corrected chi connectivity index (χ0v) is 19.8. The van der Waals surface area contributed by atoms with E-state index in [2.05, 4.69) is 9.82 Å². The second kappa shape index (κ2) is 9.07. The maximum atomic E-state index is 13.9. The van der Waals surface area contributed by atoms with Crippen LogP contribution >= 0.6 is 0 Å². The first-order valence-electron chi connectivity index (χ1n) is 10.2. The number of benzene rings is 3. The smallest absolute Gasteiger partial charge is 0.279 e. The highest BCUT2D eigenvalue weighted by Gasteiger charge is 2.41. The molecule has 0 aromatic heterocycles. The number of rotatable bonds is 7. The number of nitrogens with zero attached hydrogens (tertiary/aromatic N) is 3. The summed E-state index contributed by atoms with van der Waals surface area (Å²) in [6.07, 6.45) is 0.874. The van der Waals surface area contributed by atoms with Crippen LogP contribution in [0.4, 0.5) is 15.8 Å². The van der Waals surface area contributed by atoms with Crippen molar-refractivity contribution in [2.24, 2.45) is 5.10 Å². The van der Waals surface area contributed by atoms with Crippen LogP contribution in [0, 0.1) is 15.9 Å². The lowest BCUT2D eigenvalue weighted by atomic mass is 9.97. The topological polar surface area (TPSA) is 139 Å². The van der Waals surface area contributed by atoms with Gasteiger partial charge in [-0.05, 0) is 30.3 Å². The van der Waals surface area contributed by atoms with E-state index in [0.29, 0.717) is 5.56 Å². The summed E-state index contributed by atoms with van der Waals surface area (Å²) in [5.74, 6) is -0.778. The van der Waals surface area contributed by atoms with Crippen molar-refractivity contribution >= 4 is 37.1 Å². The van der Waals surface area contributed by atoms with Gasteiger partial charge in [0.05, 0.1) is 33.0 Å². The minimum Gasteiger partial charge on any atom is -0.283 e. The molecule has 0 bridgehead atoms. The monoisotopic (exact) mass is 518 g/mol. The van der Waals surface area contributed by atoms with E-state index >= 15 is 0 Å². The number of nitro groups is 1. The van der Waals surface area contributed by atoms with Crippen LogP contribution < -0.4 is 4.72 Å². The quantitative estimate of drug-likeness (QED) is 0.374. The summed E-state index contributed by atoms with van der Waals surface area (Å²) in [6.45, 7) is 0. The lowest BCUT2D eigenvalue weighted by Crippen LogP contribution is -2.28. The number of hydrogen-bond donors (Lipinski definition) is 1. The normalized spacial score (nSPS) is 16.1. The van der Waals surface area contributed by atoms with Crippen molar-refractivity contribution in [1.29, 1.82) is 0 Å². The van der Waals surface area contributed by atoms with E-state index in [9.17, 15) is 31.3 Å². The molecule has 3 aromatic rings. The number of para-hydroxylation sites is 2. The van der Waals surface area contributed by atoms with Gasteiger partial charge in [0.25, 0.3) is 15.7 Å². The summed E-state index contributed by atoms with van der Waals surface area (Å²) >= 11 is 0. The van der Waals surface area contributed by atoms with E-state index in [4.69, 9.17) is 0 Å². The third-order valence-corrected chi connectivity index (χ3v) is 7.51. The average molecular weight is 519 g/mol. The molecule has 0 unspecified atom stereocenters. The molecule has 0 radical (unpaired) electrons. The highest BCUT2D eigenvalue weighted by molar-refractivity contribution is 7.92. The molecule has 3 aromatic carbocycles. The lowest BCUT2D eigenvalue weighted by Gasteiger charge is -2.23. The van der Waals surface area contributed by atoms with Gasteiger partial charge in [0.2, 0.25) is 10.0 Å². The Morgan fingerprint density at radius 1 is 1.03 bits per heavy atom. The maximum Gasteiger partial charge on any atom is 0.279 e. The number of nitro benzene ring substituents is 1. The largest absolute Gasteiger partial charge is 0.283 e. The van der Waals surface area contributed by atoms with E-state index in [-0.39, 0.29) is 34.0 Å². The molecular formula is C22H19FN4O6S2. The van der Waals surface area contributed by atoms with E-state index in [1.54, 1.807) is 18.2 Å². The summed E-state index contributed by atoms with van der Waals surface area (Å²) in [5.41, 5.74) is 0.430. The highest BCUT2D eigenvalue weighted by Crippen LogP contribution is 2.41. The van der Waals surface area contributed by atoms with Gasteiger partial charge in [-0.1, -0.05) is 36.4 Å². The third kappa shape index (κ3) is 5.00. The Morgan fingerprint density at radius 2 is 1.71 bits per heavy atom. The summed E-state index contributed by atoms with van der Waals surface area (Å²) in [7, 11) is -8.12. The summed E-state index contributed by atoms with van der Waals surface area (Å²) in [4.78, 5) is 10.7. The minimum absolute atomic E-state index is 0.0878. The molecule has 1 atom stereocenters. The van der Waals surface area contributed by atoms with Crippen LogP contribution in [-0.4, -0.2) is 38.1 Å².